The van der Waals surface area contributed by atoms with E-state index in [0.29, 0.717) is 26.3 Å². The van der Waals surface area contributed by atoms with Gasteiger partial charge in [-0.2, -0.15) is 0 Å². The van der Waals surface area contributed by atoms with Crippen LogP contribution in [0.5, 0.6) is 0 Å². The summed E-state index contributed by atoms with van der Waals surface area (Å²) < 4.78 is 10.6. The molecule has 0 bridgehead atoms. The topological polar surface area (TPSA) is 59.0 Å². The Bertz CT molecular complexity index is 396. The smallest absolute Gasteiger partial charge is 0.410 e. The van der Waals surface area contributed by atoms with Gasteiger partial charge in [-0.15, -0.1) is 0 Å². The second-order valence-corrected chi connectivity index (χ2v) is 4.49. The number of carbonyl (C=O) groups excluding carboxylic acids is 1. The monoisotopic (exact) mass is 265 g/mol. The molecule has 0 saturated carbocycles. The van der Waals surface area contributed by atoms with Crippen molar-refractivity contribution in [1.29, 1.82) is 0 Å². The number of nitrogens with zero attached hydrogens (tertiary/aromatic N) is 1. The molecule has 1 aromatic rings. The average Bonchev–Trinajstić information content (AvgIpc) is 2.92. The summed E-state index contributed by atoms with van der Waals surface area (Å²) in [5, 5.41) is 8.68. The Hall–Kier alpha value is -1.59. The van der Waals surface area contributed by atoms with E-state index in [4.69, 9.17) is 14.6 Å². The minimum atomic E-state index is -0.307. The standard InChI is InChI=1S/C14H19NO4/c16-8-9-18-13-6-7-15(10-13)14(17)19-11-12-4-2-1-3-5-12/h1-5,13,16H,6-11H2/t13-/m0/s1. The highest BCUT2D eigenvalue weighted by Gasteiger charge is 2.27. The van der Waals surface area contributed by atoms with Crippen LogP contribution in [-0.4, -0.2) is 48.5 Å². The third-order valence-electron chi connectivity index (χ3n) is 3.05. The molecule has 1 aliphatic heterocycles. The van der Waals surface area contributed by atoms with Gasteiger partial charge >= 0.3 is 6.09 Å². The number of rotatable bonds is 5. The lowest BCUT2D eigenvalue weighted by Crippen LogP contribution is -2.30. The number of ether oxygens (including phenoxy) is 2. The summed E-state index contributed by atoms with van der Waals surface area (Å²) in [5.41, 5.74) is 0.975. The number of likely N-dealkylation sites (tertiary alicyclic amines) is 1. The van der Waals surface area contributed by atoms with Gasteiger partial charge in [0.2, 0.25) is 0 Å². The summed E-state index contributed by atoms with van der Waals surface area (Å²) in [6.45, 7) is 1.79. The molecule has 1 aromatic carbocycles. The molecule has 1 amide bonds. The molecule has 0 spiro atoms. The number of aliphatic hydroxyl groups excluding tert-OH is 1. The van der Waals surface area contributed by atoms with E-state index in [0.717, 1.165) is 12.0 Å². The first-order valence-electron chi connectivity index (χ1n) is 6.47. The zero-order chi connectivity index (χ0) is 13.5. The SMILES string of the molecule is O=C(OCc1ccccc1)N1CC[C@H](OCCO)C1. The zero-order valence-electron chi connectivity index (χ0n) is 10.8. The van der Waals surface area contributed by atoms with Crippen LogP contribution in [-0.2, 0) is 16.1 Å². The summed E-state index contributed by atoms with van der Waals surface area (Å²) in [7, 11) is 0. The maximum absolute atomic E-state index is 11.8. The van der Waals surface area contributed by atoms with Gasteiger partial charge in [-0.3, -0.25) is 0 Å². The van der Waals surface area contributed by atoms with Crippen molar-refractivity contribution in [2.24, 2.45) is 0 Å². The Morgan fingerprint density at radius 2 is 2.16 bits per heavy atom. The van der Waals surface area contributed by atoms with Gasteiger partial charge in [-0.1, -0.05) is 30.3 Å². The van der Waals surface area contributed by atoms with E-state index >= 15 is 0 Å². The Morgan fingerprint density at radius 3 is 2.89 bits per heavy atom. The van der Waals surface area contributed by atoms with Gasteiger partial charge in [-0.05, 0) is 12.0 Å². The van der Waals surface area contributed by atoms with Crippen molar-refractivity contribution >= 4 is 6.09 Å². The number of benzene rings is 1. The van der Waals surface area contributed by atoms with Crippen LogP contribution in [0.1, 0.15) is 12.0 Å². The predicted octanol–water partition coefficient (Wildman–Crippen LogP) is 1.41. The van der Waals surface area contributed by atoms with Crippen LogP contribution in [0.25, 0.3) is 0 Å². The third kappa shape index (κ3) is 4.22. The molecular weight excluding hydrogens is 246 g/mol. The molecule has 0 unspecified atom stereocenters. The van der Waals surface area contributed by atoms with E-state index in [1.165, 1.54) is 0 Å². The summed E-state index contributed by atoms with van der Waals surface area (Å²) >= 11 is 0. The summed E-state index contributed by atoms with van der Waals surface area (Å²) in [4.78, 5) is 13.5. The number of amides is 1. The van der Waals surface area contributed by atoms with Gasteiger partial charge in [-0.25, -0.2) is 4.79 Å². The van der Waals surface area contributed by atoms with Gasteiger partial charge in [0.25, 0.3) is 0 Å². The van der Waals surface area contributed by atoms with Crippen molar-refractivity contribution in [2.75, 3.05) is 26.3 Å². The molecule has 5 heteroatoms. The quantitative estimate of drug-likeness (QED) is 0.874. The molecule has 0 radical (unpaired) electrons. The molecule has 5 nitrogen and oxygen atoms in total. The second kappa shape index (κ2) is 7.11. The van der Waals surface area contributed by atoms with Crippen LogP contribution >= 0.6 is 0 Å². The molecule has 0 aliphatic carbocycles. The maximum atomic E-state index is 11.8. The molecule has 2 rings (SSSR count). The lowest BCUT2D eigenvalue weighted by Gasteiger charge is -2.16. The Morgan fingerprint density at radius 1 is 1.37 bits per heavy atom. The highest BCUT2D eigenvalue weighted by Crippen LogP contribution is 2.14. The molecule has 1 saturated heterocycles. The minimum Gasteiger partial charge on any atom is -0.445 e. The van der Waals surface area contributed by atoms with Crippen molar-refractivity contribution in [1.82, 2.24) is 4.90 Å². The predicted molar refractivity (Wildman–Crippen MR) is 69.6 cm³/mol. The van der Waals surface area contributed by atoms with Gasteiger partial charge in [0, 0.05) is 6.54 Å². The van der Waals surface area contributed by atoms with Gasteiger partial charge in [0.1, 0.15) is 6.61 Å². The fraction of sp³-hybridized carbons (Fsp3) is 0.500. The van der Waals surface area contributed by atoms with Crippen LogP contribution in [0.3, 0.4) is 0 Å². The number of hydrogen-bond donors (Lipinski definition) is 1. The first-order valence-corrected chi connectivity index (χ1v) is 6.47. The van der Waals surface area contributed by atoms with E-state index < -0.39 is 0 Å². The normalized spacial score (nSPS) is 18.6. The summed E-state index contributed by atoms with van der Waals surface area (Å²) in [6.07, 6.45) is 0.496. The zero-order valence-corrected chi connectivity index (χ0v) is 10.8. The number of aliphatic hydroxyl groups is 1. The van der Waals surface area contributed by atoms with Crippen LogP contribution in [0, 0.1) is 0 Å². The first-order chi connectivity index (χ1) is 9.29. The van der Waals surface area contributed by atoms with Crippen LogP contribution < -0.4 is 0 Å². The van der Waals surface area contributed by atoms with E-state index in [2.05, 4.69) is 0 Å². The van der Waals surface area contributed by atoms with Gasteiger partial charge < -0.3 is 19.5 Å². The first kappa shape index (κ1) is 13.8. The highest BCUT2D eigenvalue weighted by molar-refractivity contribution is 5.68. The molecule has 0 aromatic heterocycles. The average molecular weight is 265 g/mol. The second-order valence-electron chi connectivity index (χ2n) is 4.49. The fourth-order valence-electron chi connectivity index (χ4n) is 2.06. The minimum absolute atomic E-state index is 0.00888. The number of hydrogen-bond acceptors (Lipinski definition) is 4. The highest BCUT2D eigenvalue weighted by atomic mass is 16.6. The molecule has 1 N–H and O–H groups in total. The summed E-state index contributed by atoms with van der Waals surface area (Å²) in [6, 6.07) is 9.60. The van der Waals surface area contributed by atoms with Crippen molar-refractivity contribution in [3.63, 3.8) is 0 Å². The Balaban J connectivity index is 1.72. The van der Waals surface area contributed by atoms with Gasteiger partial charge in [0.15, 0.2) is 0 Å². The van der Waals surface area contributed by atoms with Crippen molar-refractivity contribution in [2.45, 2.75) is 19.1 Å². The summed E-state index contributed by atoms with van der Waals surface area (Å²) in [5.74, 6) is 0. The van der Waals surface area contributed by atoms with Gasteiger partial charge in [0.05, 0.1) is 25.9 Å². The largest absolute Gasteiger partial charge is 0.445 e. The lowest BCUT2D eigenvalue weighted by atomic mass is 10.2. The van der Waals surface area contributed by atoms with Crippen LogP contribution in [0.15, 0.2) is 30.3 Å². The molecule has 104 valence electrons. The molecule has 1 heterocycles. The van der Waals surface area contributed by atoms with Crippen molar-refractivity contribution in [3.8, 4) is 0 Å². The van der Waals surface area contributed by atoms with E-state index in [1.54, 1.807) is 4.90 Å². The molecular formula is C14H19NO4. The van der Waals surface area contributed by atoms with E-state index in [9.17, 15) is 4.79 Å². The van der Waals surface area contributed by atoms with Crippen molar-refractivity contribution in [3.05, 3.63) is 35.9 Å². The van der Waals surface area contributed by atoms with Crippen LogP contribution in [0.2, 0.25) is 0 Å². The number of carbonyl (C=O) groups is 1. The Kier molecular flexibility index (Phi) is 5.18. The van der Waals surface area contributed by atoms with E-state index in [-0.39, 0.29) is 18.8 Å². The molecule has 1 fully saturated rings. The third-order valence-corrected chi connectivity index (χ3v) is 3.05. The van der Waals surface area contributed by atoms with E-state index in [1.807, 2.05) is 30.3 Å². The van der Waals surface area contributed by atoms with Crippen molar-refractivity contribution < 1.29 is 19.4 Å². The molecule has 1 atom stereocenters. The van der Waals surface area contributed by atoms with Crippen LogP contribution in [0.4, 0.5) is 4.79 Å². The molecule has 1 aliphatic rings. The Labute approximate surface area is 112 Å². The maximum Gasteiger partial charge on any atom is 0.410 e. The fourth-order valence-corrected chi connectivity index (χ4v) is 2.06. The molecule has 19 heavy (non-hydrogen) atoms. The lowest BCUT2D eigenvalue weighted by molar-refractivity contribution is 0.0322.